The van der Waals surface area contributed by atoms with Gasteiger partial charge >= 0.3 is 0 Å². The van der Waals surface area contributed by atoms with Crippen molar-refractivity contribution < 1.29 is 11.5 Å². The van der Waals surface area contributed by atoms with Crippen LogP contribution in [-0.2, 0) is 0 Å². The van der Waals surface area contributed by atoms with Gasteiger partial charge in [0.05, 0.1) is 13.1 Å². The molecule has 4 nitrogen and oxygen atoms in total. The Morgan fingerprint density at radius 3 is 2.22 bits per heavy atom. The van der Waals surface area contributed by atoms with E-state index in [4.69, 9.17) is 0 Å². The molecule has 0 amide bonds. The molecular formula is C14H30N4+2. The predicted molar refractivity (Wildman–Crippen MR) is 71.6 cm³/mol. The molecule has 4 rings (SSSR count). The zero-order valence-electron chi connectivity index (χ0n) is 11.6. The van der Waals surface area contributed by atoms with Crippen molar-refractivity contribution in [1.82, 2.24) is 10.6 Å². The van der Waals surface area contributed by atoms with E-state index in [1.165, 1.54) is 32.1 Å². The second-order valence-electron chi connectivity index (χ2n) is 6.83. The monoisotopic (exact) mass is 254 g/mol. The molecule has 5 atom stereocenters. The molecule has 8 N–H and O–H groups in total. The van der Waals surface area contributed by atoms with Gasteiger partial charge in [-0.3, -0.25) is 0 Å². The minimum Gasteiger partial charge on any atom is -0.357 e. The van der Waals surface area contributed by atoms with Gasteiger partial charge in [0.15, 0.2) is 0 Å². The van der Waals surface area contributed by atoms with E-state index in [-0.39, 0.29) is 0 Å². The normalized spacial score (nSPS) is 45.7. The zero-order valence-corrected chi connectivity index (χ0v) is 11.6. The Bertz CT molecular complexity index is 280. The van der Waals surface area contributed by atoms with Crippen molar-refractivity contribution in [2.45, 2.75) is 43.7 Å². The van der Waals surface area contributed by atoms with Crippen molar-refractivity contribution in [3.63, 3.8) is 0 Å². The lowest BCUT2D eigenvalue weighted by Gasteiger charge is -2.61. The summed E-state index contributed by atoms with van der Waals surface area (Å²) in [5.74, 6) is 2.91. The molecule has 0 aromatic heterocycles. The molecule has 4 aliphatic rings. The van der Waals surface area contributed by atoms with Crippen LogP contribution in [0.1, 0.15) is 32.1 Å². The zero-order chi connectivity index (χ0) is 12.6. The van der Waals surface area contributed by atoms with Crippen molar-refractivity contribution >= 4 is 0 Å². The molecule has 18 heavy (non-hydrogen) atoms. The van der Waals surface area contributed by atoms with Gasteiger partial charge in [0.2, 0.25) is 0 Å². The van der Waals surface area contributed by atoms with Crippen molar-refractivity contribution in [2.24, 2.45) is 17.8 Å². The Kier molecular flexibility index (Phi) is 3.63. The third-order valence-corrected chi connectivity index (χ3v) is 5.51. The summed E-state index contributed by atoms with van der Waals surface area (Å²) in [6, 6.07) is 0.693. The summed E-state index contributed by atoms with van der Waals surface area (Å²) in [5, 5.41) is 7.71. The van der Waals surface area contributed by atoms with E-state index in [2.05, 4.69) is 22.1 Å². The van der Waals surface area contributed by atoms with Crippen LogP contribution in [0.25, 0.3) is 0 Å². The topological polar surface area (TPSA) is 79.3 Å². The quantitative estimate of drug-likeness (QED) is 0.470. The van der Waals surface area contributed by atoms with Gasteiger partial charge < -0.3 is 22.1 Å². The third kappa shape index (κ3) is 2.09. The Morgan fingerprint density at radius 2 is 1.61 bits per heavy atom. The predicted octanol–water partition coefficient (Wildman–Crippen LogP) is -1.40. The highest BCUT2D eigenvalue weighted by molar-refractivity contribution is 5.14. The summed E-state index contributed by atoms with van der Waals surface area (Å²) in [6.45, 7) is 4.16. The van der Waals surface area contributed by atoms with E-state index in [0.717, 1.165) is 43.9 Å². The number of nitrogens with one attached hydrogen (secondary N) is 2. The van der Waals surface area contributed by atoms with Crippen LogP contribution in [0.2, 0.25) is 0 Å². The second-order valence-corrected chi connectivity index (χ2v) is 6.83. The molecular weight excluding hydrogens is 224 g/mol. The second kappa shape index (κ2) is 5.08. The summed E-state index contributed by atoms with van der Waals surface area (Å²) in [5.41, 5.74) is 8.37. The molecule has 4 heteroatoms. The number of quaternary nitrogens is 2. The molecule has 0 aromatic carbocycles. The average molecular weight is 254 g/mol. The summed E-state index contributed by atoms with van der Waals surface area (Å²) >= 11 is 0. The molecule has 0 spiro atoms. The first kappa shape index (κ1) is 12.9. The Balaban J connectivity index is 1.77. The Morgan fingerprint density at radius 1 is 0.944 bits per heavy atom. The van der Waals surface area contributed by atoms with Crippen LogP contribution in [0.3, 0.4) is 0 Å². The highest BCUT2D eigenvalue weighted by Gasteiger charge is 2.56. The van der Waals surface area contributed by atoms with Crippen molar-refractivity contribution in [1.29, 1.82) is 0 Å². The van der Waals surface area contributed by atoms with Gasteiger partial charge in [-0.25, -0.2) is 0 Å². The molecule has 4 fully saturated rings. The van der Waals surface area contributed by atoms with Gasteiger partial charge in [-0.1, -0.05) is 0 Å². The number of rotatable bonds is 6. The fraction of sp³-hybridized carbons (Fsp3) is 1.00. The molecule has 0 aliphatic heterocycles. The van der Waals surface area contributed by atoms with Gasteiger partial charge in [-0.05, 0) is 49.9 Å². The fourth-order valence-corrected chi connectivity index (χ4v) is 5.25. The van der Waals surface area contributed by atoms with Crippen LogP contribution in [0.5, 0.6) is 0 Å². The number of hydrogen-bond donors (Lipinski definition) is 4. The fourth-order valence-electron chi connectivity index (χ4n) is 5.25. The first-order valence-electron chi connectivity index (χ1n) is 7.84. The molecule has 4 bridgehead atoms. The van der Waals surface area contributed by atoms with Gasteiger partial charge in [0, 0.05) is 24.7 Å². The smallest absolute Gasteiger partial charge is 0.0866 e. The van der Waals surface area contributed by atoms with Crippen LogP contribution in [0.4, 0.5) is 0 Å². The van der Waals surface area contributed by atoms with Crippen molar-refractivity contribution in [2.75, 3.05) is 26.2 Å². The molecule has 0 heterocycles. The van der Waals surface area contributed by atoms with E-state index in [1.54, 1.807) is 0 Å². The molecule has 0 aromatic rings. The number of hydrogen-bond acceptors (Lipinski definition) is 2. The minimum absolute atomic E-state index is 0.390. The first-order valence-corrected chi connectivity index (χ1v) is 7.84. The SMILES string of the molecule is [NH3+]CCNC1C2C[C@@H]3C[C@H](C2)CC1(NCC[NH3+])C3. The van der Waals surface area contributed by atoms with Crippen LogP contribution >= 0.6 is 0 Å². The minimum atomic E-state index is 0.390. The van der Waals surface area contributed by atoms with E-state index in [0.29, 0.717) is 11.6 Å². The molecule has 104 valence electrons. The maximum absolute atomic E-state index is 4.00. The molecule has 0 radical (unpaired) electrons. The Labute approximate surface area is 110 Å². The maximum atomic E-state index is 4.00. The lowest BCUT2D eigenvalue weighted by atomic mass is 9.50. The first-order chi connectivity index (χ1) is 8.77. The summed E-state index contributed by atoms with van der Waals surface area (Å²) in [6.07, 6.45) is 7.24. The van der Waals surface area contributed by atoms with Crippen molar-refractivity contribution in [3.05, 3.63) is 0 Å². The lowest BCUT2D eigenvalue weighted by molar-refractivity contribution is -0.367. The van der Waals surface area contributed by atoms with Crippen LogP contribution in [-0.4, -0.2) is 37.8 Å². The van der Waals surface area contributed by atoms with Gasteiger partial charge in [-0.2, -0.15) is 0 Å². The average Bonchev–Trinajstić information content (AvgIpc) is 2.35. The molecule has 3 unspecified atom stereocenters. The van der Waals surface area contributed by atoms with E-state index in [1.807, 2.05) is 0 Å². The van der Waals surface area contributed by atoms with Gasteiger partial charge in [-0.15, -0.1) is 0 Å². The summed E-state index contributed by atoms with van der Waals surface area (Å²) in [4.78, 5) is 0. The van der Waals surface area contributed by atoms with Gasteiger partial charge in [0.25, 0.3) is 0 Å². The molecule has 0 saturated heterocycles. The van der Waals surface area contributed by atoms with E-state index in [9.17, 15) is 0 Å². The molecule has 4 saturated carbocycles. The lowest BCUT2D eigenvalue weighted by Crippen LogP contribution is -2.73. The highest BCUT2D eigenvalue weighted by Crippen LogP contribution is 2.55. The van der Waals surface area contributed by atoms with Crippen LogP contribution in [0, 0.1) is 17.8 Å². The van der Waals surface area contributed by atoms with Crippen LogP contribution in [0.15, 0.2) is 0 Å². The Hall–Kier alpha value is -0.160. The molecule has 4 aliphatic carbocycles. The van der Waals surface area contributed by atoms with Gasteiger partial charge in [0.1, 0.15) is 0 Å². The van der Waals surface area contributed by atoms with Crippen LogP contribution < -0.4 is 22.1 Å². The van der Waals surface area contributed by atoms with E-state index >= 15 is 0 Å². The maximum Gasteiger partial charge on any atom is 0.0866 e. The highest BCUT2D eigenvalue weighted by atomic mass is 15.1. The van der Waals surface area contributed by atoms with Crippen molar-refractivity contribution in [3.8, 4) is 0 Å². The summed E-state index contributed by atoms with van der Waals surface area (Å²) in [7, 11) is 0. The van der Waals surface area contributed by atoms with E-state index < -0.39 is 0 Å². The standard InChI is InChI=1S/C14H28N4/c15-1-3-17-13-12-6-10-5-11(7-12)9-14(13,8-10)18-4-2-16/h10-13,17-18H,1-9,15-16H2/p+2/t10-,11+,12?,13?,14?. The summed E-state index contributed by atoms with van der Waals surface area (Å²) < 4.78 is 0. The third-order valence-electron chi connectivity index (χ3n) is 5.51. The largest absolute Gasteiger partial charge is 0.357 e.